The molecule has 2 aliphatic carbocycles. The van der Waals surface area contributed by atoms with Gasteiger partial charge < -0.3 is 10.0 Å². The van der Waals surface area contributed by atoms with Gasteiger partial charge in [0.15, 0.2) is 23.1 Å². The summed E-state index contributed by atoms with van der Waals surface area (Å²) in [7, 11) is 0. The van der Waals surface area contributed by atoms with Gasteiger partial charge in [-0.3, -0.25) is 19.3 Å². The van der Waals surface area contributed by atoms with Gasteiger partial charge in [-0.2, -0.15) is 0 Å². The van der Waals surface area contributed by atoms with Crippen LogP contribution >= 0.6 is 0 Å². The van der Waals surface area contributed by atoms with E-state index in [9.17, 15) is 27.9 Å². The molecule has 2 atom stereocenters. The highest BCUT2D eigenvalue weighted by Crippen LogP contribution is 2.57. The number of rotatable bonds is 4. The fraction of sp³-hybridized carbons (Fsp3) is 0.226. The van der Waals surface area contributed by atoms with E-state index in [-0.39, 0.29) is 30.6 Å². The lowest BCUT2D eigenvalue weighted by Gasteiger charge is -2.50. The highest BCUT2D eigenvalue weighted by Gasteiger charge is 2.59. The third-order valence-electron chi connectivity index (χ3n) is 8.58. The minimum absolute atomic E-state index is 0.0345. The van der Waals surface area contributed by atoms with Gasteiger partial charge in [-0.1, -0.05) is 36.4 Å². The van der Waals surface area contributed by atoms with Crippen LogP contribution in [-0.2, 0) is 24.8 Å². The number of fused-ring (bicyclic) bond motifs is 6. The Morgan fingerprint density at radius 3 is 2.48 bits per heavy atom. The smallest absolute Gasteiger partial charge is 0.277 e. The van der Waals surface area contributed by atoms with Crippen LogP contribution in [0.4, 0.5) is 13.2 Å². The molecule has 3 aromatic carbocycles. The van der Waals surface area contributed by atoms with Crippen molar-refractivity contribution in [3.05, 3.63) is 134 Å². The zero-order valence-electron chi connectivity index (χ0n) is 21.3. The van der Waals surface area contributed by atoms with Crippen molar-refractivity contribution in [1.29, 1.82) is 0 Å². The molecule has 7 rings (SSSR count). The van der Waals surface area contributed by atoms with E-state index in [1.54, 1.807) is 12.1 Å². The average molecular weight is 544 g/mol. The van der Waals surface area contributed by atoms with E-state index in [4.69, 9.17) is 0 Å². The first-order valence-corrected chi connectivity index (χ1v) is 13.1. The fourth-order valence-corrected chi connectivity index (χ4v) is 6.93. The van der Waals surface area contributed by atoms with Crippen molar-refractivity contribution in [2.45, 2.75) is 24.8 Å². The number of halogens is 3. The van der Waals surface area contributed by atoms with Gasteiger partial charge in [0.05, 0.1) is 0 Å². The molecule has 0 saturated carbocycles. The second kappa shape index (κ2) is 8.74. The summed E-state index contributed by atoms with van der Waals surface area (Å²) in [5.74, 6) is -3.65. The first-order valence-electron chi connectivity index (χ1n) is 13.1. The predicted octanol–water partition coefficient (Wildman–Crippen LogP) is 4.24. The molecule has 0 radical (unpaired) electrons. The summed E-state index contributed by atoms with van der Waals surface area (Å²) in [5, 5.41) is 12.7. The van der Waals surface area contributed by atoms with Gasteiger partial charge in [0.1, 0.15) is 18.0 Å². The largest absolute Gasteiger partial charge is 0.502 e. The van der Waals surface area contributed by atoms with Crippen molar-refractivity contribution in [1.82, 2.24) is 9.58 Å². The second-order valence-electron chi connectivity index (χ2n) is 10.7. The fourth-order valence-electron chi connectivity index (χ4n) is 6.93. The number of aromatic hydroxyl groups is 1. The molecule has 2 unspecified atom stereocenters. The molecular weight excluding hydrogens is 519 g/mol. The van der Waals surface area contributed by atoms with Gasteiger partial charge in [-0.15, -0.1) is 0 Å². The Bertz CT molecular complexity index is 1770. The lowest BCUT2D eigenvalue weighted by atomic mass is 9.81. The number of benzene rings is 3. The quantitative estimate of drug-likeness (QED) is 0.419. The normalized spacial score (nSPS) is 20.8. The molecular formula is C31H24F3N3O3. The second-order valence-corrected chi connectivity index (χ2v) is 10.7. The topological polar surface area (TPSA) is 65.8 Å². The number of nitrogens with zero attached hydrogens (tertiary/aromatic N) is 3. The van der Waals surface area contributed by atoms with Crippen molar-refractivity contribution in [3.8, 4) is 5.75 Å². The molecule has 9 heteroatoms. The summed E-state index contributed by atoms with van der Waals surface area (Å²) >= 11 is 0. The summed E-state index contributed by atoms with van der Waals surface area (Å²) in [6.07, 6.45) is 2.90. The SMILES string of the molecule is O=C1c2c(O)c(=O)ccn2N(C23c4ccccc4CC2Cc2cc(F)c(F)cc23)CN1CCc1cccc(F)c1. The minimum atomic E-state index is -1.01. The maximum Gasteiger partial charge on any atom is 0.277 e. The van der Waals surface area contributed by atoms with Crippen LogP contribution in [0.1, 0.15) is 38.3 Å². The van der Waals surface area contributed by atoms with E-state index in [2.05, 4.69) is 0 Å². The number of aromatic nitrogens is 1. The third-order valence-corrected chi connectivity index (χ3v) is 8.58. The van der Waals surface area contributed by atoms with Crippen LogP contribution in [0.15, 0.2) is 77.7 Å². The Labute approximate surface area is 227 Å². The lowest BCUT2D eigenvalue weighted by Crippen LogP contribution is -2.63. The van der Waals surface area contributed by atoms with Gasteiger partial charge >= 0.3 is 0 Å². The summed E-state index contributed by atoms with van der Waals surface area (Å²) in [6.45, 7) is 0.209. The Balaban J connectivity index is 1.43. The lowest BCUT2D eigenvalue weighted by molar-refractivity contribution is 0.0649. The van der Waals surface area contributed by atoms with Crippen molar-refractivity contribution >= 4 is 5.91 Å². The number of carbonyl (C=O) groups excluding carboxylic acids is 1. The van der Waals surface area contributed by atoms with E-state index < -0.39 is 34.3 Å². The summed E-state index contributed by atoms with van der Waals surface area (Å²) in [4.78, 5) is 27.7. The van der Waals surface area contributed by atoms with Gasteiger partial charge in [0, 0.05) is 24.7 Å². The van der Waals surface area contributed by atoms with Crippen LogP contribution < -0.4 is 10.4 Å². The molecule has 202 valence electrons. The molecule has 0 fully saturated rings. The Morgan fingerprint density at radius 1 is 0.875 bits per heavy atom. The monoisotopic (exact) mass is 543 g/mol. The minimum Gasteiger partial charge on any atom is -0.502 e. The third kappa shape index (κ3) is 3.36. The van der Waals surface area contributed by atoms with E-state index in [0.29, 0.717) is 36.0 Å². The van der Waals surface area contributed by atoms with Crippen LogP contribution in [0.3, 0.4) is 0 Å². The standard InChI is InChI=1S/C31H24F3N3O3/c32-22-6-3-4-18(12-22)8-10-35-17-37(36-11-9-27(38)29(39)28(36)30(35)40)31-21(13-19-5-1-2-7-23(19)31)14-20-15-25(33)26(34)16-24(20)31/h1-7,9,11-12,15-16,21,39H,8,10,13-14,17H2. The number of hydrogen-bond donors (Lipinski definition) is 1. The zero-order valence-corrected chi connectivity index (χ0v) is 21.3. The summed E-state index contributed by atoms with van der Waals surface area (Å²) in [5.41, 5.74) is 1.99. The van der Waals surface area contributed by atoms with Crippen molar-refractivity contribution in [3.63, 3.8) is 0 Å². The number of carbonyl (C=O) groups is 1. The van der Waals surface area contributed by atoms with Crippen molar-refractivity contribution in [2.75, 3.05) is 18.2 Å². The number of pyridine rings is 1. The molecule has 6 nitrogen and oxygen atoms in total. The Kier molecular flexibility index (Phi) is 5.35. The number of hydrogen-bond acceptors (Lipinski definition) is 4. The Hall–Kier alpha value is -4.53. The summed E-state index contributed by atoms with van der Waals surface area (Å²) in [6, 6.07) is 17.6. The summed E-state index contributed by atoms with van der Waals surface area (Å²) < 4.78 is 44.6. The molecule has 2 heterocycles. The van der Waals surface area contributed by atoms with Gasteiger partial charge in [-0.05, 0) is 71.3 Å². The highest BCUT2D eigenvalue weighted by atomic mass is 19.2. The maximum absolute atomic E-state index is 14.9. The molecule has 1 aromatic heterocycles. The first kappa shape index (κ1) is 24.5. The molecule has 3 aliphatic rings. The van der Waals surface area contributed by atoms with E-state index in [1.807, 2.05) is 29.3 Å². The van der Waals surface area contributed by atoms with Crippen LogP contribution in [0.5, 0.6) is 5.75 Å². The Morgan fingerprint density at radius 2 is 1.65 bits per heavy atom. The highest BCUT2D eigenvalue weighted by molar-refractivity contribution is 5.96. The van der Waals surface area contributed by atoms with E-state index >= 15 is 0 Å². The maximum atomic E-state index is 14.9. The molecule has 4 aromatic rings. The molecule has 1 N–H and O–H groups in total. The zero-order chi connectivity index (χ0) is 27.8. The van der Waals surface area contributed by atoms with Crippen LogP contribution in [0.2, 0.25) is 0 Å². The van der Waals surface area contributed by atoms with Gasteiger partial charge in [0.25, 0.3) is 5.91 Å². The molecule has 1 amide bonds. The van der Waals surface area contributed by atoms with E-state index in [1.165, 1.54) is 46.1 Å². The van der Waals surface area contributed by atoms with Crippen LogP contribution in [0, 0.1) is 23.4 Å². The van der Waals surface area contributed by atoms with Crippen molar-refractivity contribution in [2.24, 2.45) is 5.92 Å². The van der Waals surface area contributed by atoms with Gasteiger partial charge in [-0.25, -0.2) is 13.2 Å². The predicted molar refractivity (Wildman–Crippen MR) is 141 cm³/mol. The molecule has 0 spiro atoms. The molecule has 0 bridgehead atoms. The van der Waals surface area contributed by atoms with Crippen molar-refractivity contribution < 1.29 is 23.1 Å². The number of amides is 1. The van der Waals surface area contributed by atoms with Crippen LogP contribution in [-0.4, -0.2) is 33.8 Å². The van der Waals surface area contributed by atoms with Crippen LogP contribution in [0.25, 0.3) is 0 Å². The van der Waals surface area contributed by atoms with Gasteiger partial charge in [0.2, 0.25) is 5.43 Å². The average Bonchev–Trinajstić information content (AvgIpc) is 3.41. The molecule has 1 aliphatic heterocycles. The van der Waals surface area contributed by atoms with E-state index in [0.717, 1.165) is 11.1 Å². The molecule has 40 heavy (non-hydrogen) atoms. The first-order chi connectivity index (χ1) is 19.3. The molecule has 0 saturated heterocycles.